The van der Waals surface area contributed by atoms with Crippen molar-refractivity contribution < 1.29 is 37.4 Å². The number of sulfone groups is 1. The van der Waals surface area contributed by atoms with Crippen LogP contribution in [0.4, 0.5) is 0 Å². The first-order valence-corrected chi connectivity index (χ1v) is 26.3. The zero-order chi connectivity index (χ0) is 50.6. The lowest BCUT2D eigenvalue weighted by molar-refractivity contribution is -0.144. The van der Waals surface area contributed by atoms with Crippen LogP contribution in [0.3, 0.4) is 0 Å². The fourth-order valence-corrected chi connectivity index (χ4v) is 11.6. The van der Waals surface area contributed by atoms with E-state index in [0.717, 1.165) is 111 Å². The molecule has 16 nitrogen and oxygen atoms in total. The number of amides is 1. The number of hydrogen-bond donors (Lipinski definition) is 5. The highest BCUT2D eigenvalue weighted by atomic mass is 32.2. The number of ether oxygens (including phenoxy) is 2. The van der Waals surface area contributed by atoms with Crippen LogP contribution in [0, 0.1) is 17.8 Å². The summed E-state index contributed by atoms with van der Waals surface area (Å²) in [6.07, 6.45) is 10.4. The standard InChI is InChI=1S/C54H64N8O8S/c1-8-37-30(3)41-26-43-32(5)39(51(61-43)40-25-48(64)50-33(6)44(62-52(40)50)28-46-38(9-2)31(4)42(60-46)27-45(37)59-41)16-18-49(65)55-22-24-71(67,68)29-35(53(66)69-7)13-17-47(63)34-11-14-36(15-12-34)70-23-21-58-54-56-19-10-20-57-54/h8,11-12,14-15,26-28,32,35,39,61,64H,1,9-10,13,16-25,29H2,2-7H3,(H,55,65)(H2,56,57,58)/t32-,35+,39-/m0/s1. The number of aliphatic hydroxyl groups excluding tert-OH is 1. The van der Waals surface area contributed by atoms with Crippen LogP contribution in [-0.4, -0.2) is 106 Å². The molecular weight excluding hydrogens is 921 g/mol. The van der Waals surface area contributed by atoms with E-state index in [1.54, 1.807) is 24.3 Å². The molecule has 1 aromatic rings. The Labute approximate surface area is 416 Å². The van der Waals surface area contributed by atoms with Crippen LogP contribution in [0.25, 0.3) is 0 Å². The fraction of sp³-hybridized carbons (Fsp3) is 0.426. The van der Waals surface area contributed by atoms with Gasteiger partial charge in [0.05, 0.1) is 65.3 Å². The molecule has 3 atom stereocenters. The van der Waals surface area contributed by atoms with Crippen LogP contribution >= 0.6 is 0 Å². The van der Waals surface area contributed by atoms with Gasteiger partial charge >= 0.3 is 5.97 Å². The van der Waals surface area contributed by atoms with Gasteiger partial charge in [-0.15, -0.1) is 0 Å². The van der Waals surface area contributed by atoms with Crippen molar-refractivity contribution in [3.8, 4) is 5.75 Å². The number of rotatable bonds is 19. The number of aliphatic hydroxyl groups is 1. The molecule has 0 spiro atoms. The second kappa shape index (κ2) is 21.6. The number of hydrogen-bond acceptors (Lipinski definition) is 15. The van der Waals surface area contributed by atoms with Crippen LogP contribution in [0.15, 0.2) is 148 Å². The Morgan fingerprint density at radius 2 is 1.75 bits per heavy atom. The van der Waals surface area contributed by atoms with Crippen molar-refractivity contribution in [2.45, 2.75) is 79.6 Å². The van der Waals surface area contributed by atoms with Gasteiger partial charge in [-0.1, -0.05) is 26.5 Å². The molecule has 0 unspecified atom stereocenters. The summed E-state index contributed by atoms with van der Waals surface area (Å²) < 4.78 is 37.5. The van der Waals surface area contributed by atoms with Gasteiger partial charge in [0.2, 0.25) is 5.91 Å². The van der Waals surface area contributed by atoms with Crippen LogP contribution in [0.2, 0.25) is 0 Å². The van der Waals surface area contributed by atoms with Gasteiger partial charge in [0.1, 0.15) is 18.1 Å². The number of fused-ring (bicyclic) bond motifs is 5. The topological polar surface area (TPSA) is 222 Å². The predicted molar refractivity (Wildman–Crippen MR) is 277 cm³/mol. The zero-order valence-electron chi connectivity index (χ0n) is 41.5. The van der Waals surface area contributed by atoms with Gasteiger partial charge in [-0.25, -0.2) is 23.4 Å². The minimum atomic E-state index is -3.87. The second-order valence-electron chi connectivity index (χ2n) is 18.7. The highest BCUT2D eigenvalue weighted by Gasteiger charge is 2.41. The Morgan fingerprint density at radius 3 is 2.46 bits per heavy atom. The number of Topliss-reactive ketones (excluding diaryl/α,β-unsaturated/α-hetero) is 1. The number of carbonyl (C=O) groups excluding carboxylic acids is 3. The van der Waals surface area contributed by atoms with Crippen LogP contribution in [0.1, 0.15) is 89.9 Å². The molecule has 6 aliphatic heterocycles. The third kappa shape index (κ3) is 11.0. The summed E-state index contributed by atoms with van der Waals surface area (Å²) in [6, 6.07) is 6.67. The first-order chi connectivity index (χ1) is 34.1. The van der Waals surface area contributed by atoms with Gasteiger partial charge in [0, 0.05) is 84.4 Å². The molecule has 1 aliphatic carbocycles. The van der Waals surface area contributed by atoms with E-state index in [4.69, 9.17) is 24.5 Å². The highest BCUT2D eigenvalue weighted by Crippen LogP contribution is 2.46. The lowest BCUT2D eigenvalue weighted by Gasteiger charge is -2.18. The van der Waals surface area contributed by atoms with E-state index in [-0.39, 0.29) is 61.5 Å². The maximum absolute atomic E-state index is 13.5. The Bertz CT molecular complexity index is 2940. The number of ketones is 1. The summed E-state index contributed by atoms with van der Waals surface area (Å²) >= 11 is 0. The number of allylic oxidation sites excluding steroid dienone is 12. The van der Waals surface area contributed by atoms with Crippen molar-refractivity contribution in [1.29, 1.82) is 0 Å². The smallest absolute Gasteiger partial charge is 0.309 e. The van der Waals surface area contributed by atoms with Gasteiger partial charge in [0.15, 0.2) is 21.6 Å². The van der Waals surface area contributed by atoms with Crippen molar-refractivity contribution in [1.82, 2.24) is 21.3 Å². The number of esters is 1. The Morgan fingerprint density at radius 1 is 0.986 bits per heavy atom. The Hall–Kier alpha value is -6.88. The molecule has 7 aliphatic rings. The zero-order valence-corrected chi connectivity index (χ0v) is 42.3. The largest absolute Gasteiger partial charge is 0.511 e. The number of methoxy groups -OCH3 is 1. The van der Waals surface area contributed by atoms with Crippen LogP contribution in [-0.2, 0) is 24.2 Å². The molecule has 1 saturated heterocycles. The van der Waals surface area contributed by atoms with E-state index in [1.807, 2.05) is 32.1 Å². The predicted octanol–water partition coefficient (Wildman–Crippen LogP) is 6.93. The van der Waals surface area contributed by atoms with Gasteiger partial charge in [-0.2, -0.15) is 0 Å². The molecule has 1 amide bonds. The number of nitrogens with zero attached hydrogens (tertiary/aromatic N) is 4. The van der Waals surface area contributed by atoms with Crippen molar-refractivity contribution in [2.24, 2.45) is 37.7 Å². The van der Waals surface area contributed by atoms with Crippen LogP contribution < -0.4 is 26.0 Å². The molecule has 71 heavy (non-hydrogen) atoms. The quantitative estimate of drug-likeness (QED) is 0.0544. The summed E-state index contributed by atoms with van der Waals surface area (Å²) in [6.45, 7) is 16.9. The third-order valence-corrected chi connectivity index (χ3v) is 15.9. The van der Waals surface area contributed by atoms with Gasteiger partial charge in [-0.3, -0.25) is 19.4 Å². The molecule has 374 valence electrons. The Kier molecular flexibility index (Phi) is 15.4. The van der Waals surface area contributed by atoms with E-state index in [2.05, 4.69) is 59.7 Å². The van der Waals surface area contributed by atoms with Crippen molar-refractivity contribution in [3.05, 3.63) is 134 Å². The molecule has 1 fully saturated rings. The molecule has 8 rings (SSSR count). The summed E-state index contributed by atoms with van der Waals surface area (Å²) in [4.78, 5) is 59.1. The van der Waals surface area contributed by atoms with Gasteiger partial charge in [0.25, 0.3) is 0 Å². The van der Waals surface area contributed by atoms with Crippen molar-refractivity contribution >= 4 is 50.6 Å². The average molecular weight is 985 g/mol. The minimum absolute atomic E-state index is 0.0284. The highest BCUT2D eigenvalue weighted by molar-refractivity contribution is 7.91. The molecule has 6 heterocycles. The first kappa shape index (κ1) is 50.5. The molecule has 8 bridgehead atoms. The molecule has 5 N–H and O–H groups in total. The van der Waals surface area contributed by atoms with Gasteiger partial charge < -0.3 is 35.8 Å². The number of aliphatic imine (C=N–C) groups is 4. The molecule has 0 saturated carbocycles. The Balaban J connectivity index is 0.902. The molecule has 0 aromatic heterocycles. The molecule has 0 radical (unpaired) electrons. The lowest BCUT2D eigenvalue weighted by Crippen LogP contribution is -2.42. The lowest BCUT2D eigenvalue weighted by atomic mass is 9.86. The fourth-order valence-electron chi connectivity index (χ4n) is 10.1. The maximum Gasteiger partial charge on any atom is 0.309 e. The van der Waals surface area contributed by atoms with Crippen molar-refractivity contribution in [3.63, 3.8) is 0 Å². The van der Waals surface area contributed by atoms with E-state index in [9.17, 15) is 27.9 Å². The van der Waals surface area contributed by atoms with E-state index in [0.29, 0.717) is 36.6 Å². The number of guanidine groups is 1. The van der Waals surface area contributed by atoms with Crippen molar-refractivity contribution in [2.75, 3.05) is 51.4 Å². The number of benzene rings is 1. The van der Waals surface area contributed by atoms with E-state index >= 15 is 0 Å². The third-order valence-electron chi connectivity index (χ3n) is 14.2. The van der Waals surface area contributed by atoms with E-state index in [1.165, 1.54) is 7.11 Å². The normalized spacial score (nSPS) is 20.9. The van der Waals surface area contributed by atoms with Crippen LogP contribution in [0.5, 0.6) is 5.75 Å². The average Bonchev–Trinajstić information content (AvgIpc) is 4.12. The number of nitrogens with one attached hydrogen (secondary N) is 4. The first-order valence-electron chi connectivity index (χ1n) is 24.5. The summed E-state index contributed by atoms with van der Waals surface area (Å²) in [5.74, 6) is -1.98. The monoisotopic (exact) mass is 984 g/mol. The summed E-state index contributed by atoms with van der Waals surface area (Å²) in [5.41, 5.74) is 13.4. The summed E-state index contributed by atoms with van der Waals surface area (Å²) in [7, 11) is -2.68. The molecule has 17 heteroatoms. The molecular formula is C54H64N8O8S. The second-order valence-corrected chi connectivity index (χ2v) is 21.0. The minimum Gasteiger partial charge on any atom is -0.511 e. The van der Waals surface area contributed by atoms with Gasteiger partial charge in [-0.05, 0) is 111 Å². The number of carbonyl (C=O) groups is 3. The molecule has 1 aromatic carbocycles. The maximum atomic E-state index is 13.5. The SMILES string of the molecule is C=CC1=C(C)C2=NC1=CC1=NC(=CC3=C(C)C4=C(O)CC(=C5NC(=C2)[C@@H](C)[C@@H]5CCC(=O)NCCS(=O)(=O)C[C@@H](CCC(=O)c2ccc(OCCNC5=NCCCN5)cc2)C(=O)OC)C4=N3)C(CC)=C1C. The summed E-state index contributed by atoms with van der Waals surface area (Å²) in [5, 5.41) is 24.3. The van der Waals surface area contributed by atoms with E-state index < -0.39 is 33.2 Å².